The van der Waals surface area contributed by atoms with Gasteiger partial charge < -0.3 is 14.4 Å². The molecular weight excluding hydrogens is 314 g/mol. The van der Waals surface area contributed by atoms with Crippen LogP contribution in [0, 0.1) is 0 Å². The van der Waals surface area contributed by atoms with Gasteiger partial charge in [0.25, 0.3) is 5.56 Å². The quantitative estimate of drug-likeness (QED) is 0.799. The van der Waals surface area contributed by atoms with Gasteiger partial charge in [0.1, 0.15) is 12.4 Å². The molecule has 0 amide bonds. The fourth-order valence-corrected chi connectivity index (χ4v) is 2.74. The zero-order valence-electron chi connectivity index (χ0n) is 12.6. The van der Waals surface area contributed by atoms with Crippen LogP contribution >= 0.6 is 11.6 Å². The Morgan fingerprint density at radius 3 is 2.57 bits per heavy atom. The number of fused-ring (bicyclic) bond motifs is 1. The standard InChI is InChI=1S/C18H16ClNO3/c1-20-16(10-21)17(23-11-12-5-3-2-4-6-12)15-9-13(19)7-8-14(15)18(20)22/h2-9,21H,10-11H2,1H3. The molecule has 1 N–H and O–H groups in total. The summed E-state index contributed by atoms with van der Waals surface area (Å²) in [6.07, 6.45) is 0. The van der Waals surface area contributed by atoms with E-state index in [9.17, 15) is 9.90 Å². The lowest BCUT2D eigenvalue weighted by atomic mass is 10.1. The molecule has 2 aromatic carbocycles. The highest BCUT2D eigenvalue weighted by Crippen LogP contribution is 2.30. The first-order valence-electron chi connectivity index (χ1n) is 7.20. The lowest BCUT2D eigenvalue weighted by molar-refractivity contribution is 0.249. The maximum Gasteiger partial charge on any atom is 0.258 e. The van der Waals surface area contributed by atoms with Gasteiger partial charge in [-0.25, -0.2) is 0 Å². The van der Waals surface area contributed by atoms with Crippen LogP contribution in [0.25, 0.3) is 10.8 Å². The first kappa shape index (κ1) is 15.6. The molecule has 3 aromatic rings. The van der Waals surface area contributed by atoms with E-state index < -0.39 is 0 Å². The lowest BCUT2D eigenvalue weighted by Crippen LogP contribution is -2.22. The number of ether oxygens (including phenoxy) is 1. The number of nitrogens with zero attached hydrogens (tertiary/aromatic N) is 1. The van der Waals surface area contributed by atoms with Crippen molar-refractivity contribution in [3.63, 3.8) is 0 Å². The highest BCUT2D eigenvalue weighted by molar-refractivity contribution is 6.31. The first-order chi connectivity index (χ1) is 11.1. The zero-order valence-corrected chi connectivity index (χ0v) is 13.4. The minimum Gasteiger partial charge on any atom is -0.486 e. The van der Waals surface area contributed by atoms with E-state index in [0.29, 0.717) is 33.8 Å². The average Bonchev–Trinajstić information content (AvgIpc) is 2.57. The second kappa shape index (κ2) is 6.44. The van der Waals surface area contributed by atoms with Crippen molar-refractivity contribution in [2.24, 2.45) is 7.05 Å². The highest BCUT2D eigenvalue weighted by Gasteiger charge is 2.16. The van der Waals surface area contributed by atoms with Gasteiger partial charge in [0.2, 0.25) is 0 Å². The number of pyridine rings is 1. The van der Waals surface area contributed by atoms with Gasteiger partial charge in [-0.2, -0.15) is 0 Å². The van der Waals surface area contributed by atoms with Crippen LogP contribution in [-0.2, 0) is 20.3 Å². The summed E-state index contributed by atoms with van der Waals surface area (Å²) in [5.74, 6) is 0.482. The summed E-state index contributed by atoms with van der Waals surface area (Å²) in [5, 5.41) is 11.3. The van der Waals surface area contributed by atoms with Gasteiger partial charge in [0, 0.05) is 17.5 Å². The Morgan fingerprint density at radius 1 is 1.13 bits per heavy atom. The molecule has 0 radical (unpaired) electrons. The maximum absolute atomic E-state index is 12.4. The highest BCUT2D eigenvalue weighted by atomic mass is 35.5. The second-order valence-corrected chi connectivity index (χ2v) is 5.70. The normalized spacial score (nSPS) is 10.9. The monoisotopic (exact) mass is 329 g/mol. The average molecular weight is 330 g/mol. The van der Waals surface area contributed by atoms with Gasteiger partial charge in [0.05, 0.1) is 17.7 Å². The molecule has 5 heteroatoms. The van der Waals surface area contributed by atoms with Crippen molar-refractivity contribution in [2.75, 3.05) is 0 Å². The van der Waals surface area contributed by atoms with Crippen LogP contribution in [0.5, 0.6) is 5.75 Å². The van der Waals surface area contributed by atoms with Crippen molar-refractivity contribution < 1.29 is 9.84 Å². The molecule has 0 bridgehead atoms. The molecule has 1 heterocycles. The van der Waals surface area contributed by atoms with Crippen LogP contribution in [0.4, 0.5) is 0 Å². The van der Waals surface area contributed by atoms with Crippen molar-refractivity contribution in [3.8, 4) is 5.75 Å². The van der Waals surface area contributed by atoms with E-state index in [1.54, 1.807) is 25.2 Å². The minimum absolute atomic E-state index is 0.187. The molecule has 0 aliphatic heterocycles. The third-order valence-electron chi connectivity index (χ3n) is 3.80. The molecule has 0 spiro atoms. The summed E-state index contributed by atoms with van der Waals surface area (Å²) in [4.78, 5) is 12.4. The van der Waals surface area contributed by atoms with Crippen molar-refractivity contribution >= 4 is 22.4 Å². The van der Waals surface area contributed by atoms with E-state index in [0.717, 1.165) is 5.56 Å². The molecule has 0 saturated heterocycles. The molecule has 1 aromatic heterocycles. The Balaban J connectivity index is 2.15. The number of hydrogen-bond acceptors (Lipinski definition) is 3. The smallest absolute Gasteiger partial charge is 0.258 e. The summed E-state index contributed by atoms with van der Waals surface area (Å²) in [6, 6.07) is 14.7. The van der Waals surface area contributed by atoms with E-state index >= 15 is 0 Å². The first-order valence-corrected chi connectivity index (χ1v) is 7.58. The number of halogens is 1. The van der Waals surface area contributed by atoms with E-state index in [1.807, 2.05) is 30.3 Å². The Bertz CT molecular complexity index is 904. The molecule has 3 rings (SSSR count). The molecule has 0 aliphatic rings. The van der Waals surface area contributed by atoms with Gasteiger partial charge >= 0.3 is 0 Å². The van der Waals surface area contributed by atoms with Gasteiger partial charge in [-0.3, -0.25) is 4.79 Å². The Morgan fingerprint density at radius 2 is 1.87 bits per heavy atom. The van der Waals surface area contributed by atoms with E-state index in [1.165, 1.54) is 4.57 Å². The summed E-state index contributed by atoms with van der Waals surface area (Å²) >= 11 is 6.07. The number of rotatable bonds is 4. The molecule has 0 atom stereocenters. The third-order valence-corrected chi connectivity index (χ3v) is 4.04. The van der Waals surface area contributed by atoms with Crippen LogP contribution in [0.3, 0.4) is 0 Å². The fraction of sp³-hybridized carbons (Fsp3) is 0.167. The van der Waals surface area contributed by atoms with E-state index in [-0.39, 0.29) is 12.2 Å². The number of aliphatic hydroxyl groups is 1. The summed E-state index contributed by atoms with van der Waals surface area (Å²) in [7, 11) is 1.62. The van der Waals surface area contributed by atoms with Crippen LogP contribution in [0.15, 0.2) is 53.3 Å². The molecule has 23 heavy (non-hydrogen) atoms. The maximum atomic E-state index is 12.4. The number of aliphatic hydroxyl groups excluding tert-OH is 1. The predicted molar refractivity (Wildman–Crippen MR) is 90.9 cm³/mol. The summed E-state index contributed by atoms with van der Waals surface area (Å²) in [5.41, 5.74) is 1.24. The topological polar surface area (TPSA) is 51.5 Å². The van der Waals surface area contributed by atoms with Crippen LogP contribution < -0.4 is 10.3 Å². The zero-order chi connectivity index (χ0) is 16.4. The molecule has 0 aliphatic carbocycles. The molecule has 0 fully saturated rings. The van der Waals surface area contributed by atoms with Gasteiger partial charge in [-0.15, -0.1) is 0 Å². The summed E-state index contributed by atoms with van der Waals surface area (Å²) in [6.45, 7) is 0.0476. The van der Waals surface area contributed by atoms with Crippen molar-refractivity contribution in [3.05, 3.63) is 75.2 Å². The predicted octanol–water partition coefficient (Wildman–Crippen LogP) is 3.26. The lowest BCUT2D eigenvalue weighted by Gasteiger charge is -2.16. The second-order valence-electron chi connectivity index (χ2n) is 5.26. The van der Waals surface area contributed by atoms with Crippen molar-refractivity contribution in [2.45, 2.75) is 13.2 Å². The number of hydrogen-bond donors (Lipinski definition) is 1. The number of aromatic nitrogens is 1. The molecule has 118 valence electrons. The minimum atomic E-state index is -0.293. The van der Waals surface area contributed by atoms with E-state index in [4.69, 9.17) is 16.3 Å². The largest absolute Gasteiger partial charge is 0.486 e. The van der Waals surface area contributed by atoms with Crippen LogP contribution in [0.1, 0.15) is 11.3 Å². The molecule has 4 nitrogen and oxygen atoms in total. The van der Waals surface area contributed by atoms with Crippen LogP contribution in [0.2, 0.25) is 5.02 Å². The third kappa shape index (κ3) is 2.96. The molecule has 0 unspecified atom stereocenters. The van der Waals surface area contributed by atoms with Gasteiger partial charge in [-0.1, -0.05) is 41.9 Å². The summed E-state index contributed by atoms with van der Waals surface area (Å²) < 4.78 is 7.35. The Hall–Kier alpha value is -2.30. The van der Waals surface area contributed by atoms with Crippen molar-refractivity contribution in [1.29, 1.82) is 0 Å². The fourth-order valence-electron chi connectivity index (χ4n) is 2.57. The van der Waals surface area contributed by atoms with E-state index in [2.05, 4.69) is 0 Å². The molecular formula is C18H16ClNO3. The number of benzene rings is 2. The molecule has 0 saturated carbocycles. The van der Waals surface area contributed by atoms with Crippen molar-refractivity contribution in [1.82, 2.24) is 4.57 Å². The van der Waals surface area contributed by atoms with Crippen LogP contribution in [-0.4, -0.2) is 9.67 Å². The Kier molecular flexibility index (Phi) is 4.37. The van der Waals surface area contributed by atoms with Gasteiger partial charge in [-0.05, 0) is 23.8 Å². The Labute approximate surface area is 138 Å². The van der Waals surface area contributed by atoms with Gasteiger partial charge in [0.15, 0.2) is 0 Å². The SMILES string of the molecule is Cn1c(CO)c(OCc2ccccc2)c2cc(Cl)ccc2c1=O.